The summed E-state index contributed by atoms with van der Waals surface area (Å²) in [6.45, 7) is 7.90. The summed E-state index contributed by atoms with van der Waals surface area (Å²) in [7, 11) is 0. The van der Waals surface area contributed by atoms with Gasteiger partial charge in [0.1, 0.15) is 11.4 Å². The van der Waals surface area contributed by atoms with Crippen molar-refractivity contribution in [2.45, 2.75) is 32.8 Å². The van der Waals surface area contributed by atoms with Crippen LogP contribution in [0.1, 0.15) is 42.4 Å². The van der Waals surface area contributed by atoms with Crippen molar-refractivity contribution in [3.05, 3.63) is 46.3 Å². The van der Waals surface area contributed by atoms with Crippen LogP contribution in [-0.4, -0.2) is 35.6 Å². The largest absolute Gasteiger partial charge is 0.383 e. The predicted molar refractivity (Wildman–Crippen MR) is 98.6 cm³/mol. The molecule has 2 aromatic heterocycles. The molecule has 0 aliphatic rings. The molecule has 1 amide bonds. The third-order valence-electron chi connectivity index (χ3n) is 3.85. The monoisotopic (exact) mass is 347 g/mol. The maximum Gasteiger partial charge on any atom is 0.252 e. The molecule has 2 aromatic rings. The van der Waals surface area contributed by atoms with Gasteiger partial charge in [0.25, 0.3) is 5.91 Å². The van der Waals surface area contributed by atoms with E-state index in [2.05, 4.69) is 29.0 Å². The molecule has 24 heavy (non-hydrogen) atoms. The summed E-state index contributed by atoms with van der Waals surface area (Å²) in [5.41, 5.74) is -0.578. The number of aromatic nitrogens is 1. The van der Waals surface area contributed by atoms with Gasteiger partial charge in [-0.15, -0.1) is 11.3 Å². The topological polar surface area (TPSA) is 65.5 Å². The van der Waals surface area contributed by atoms with Gasteiger partial charge in [0, 0.05) is 24.2 Å². The van der Waals surface area contributed by atoms with Gasteiger partial charge in [-0.25, -0.2) is 4.98 Å². The standard InChI is InChI=1S/C18H25N3O2S/c1-4-10-21(5-2)16-9-8-14(12-19-16)17(22)20-13-18(3,23)15-7-6-11-24-15/h6-9,11-12,23H,4-5,10,13H2,1-3H3,(H,20,22). The number of amides is 1. The van der Waals surface area contributed by atoms with Crippen LogP contribution in [0.25, 0.3) is 0 Å². The highest BCUT2D eigenvalue weighted by atomic mass is 32.1. The second kappa shape index (κ2) is 8.26. The summed E-state index contributed by atoms with van der Waals surface area (Å²) >= 11 is 1.47. The maximum absolute atomic E-state index is 12.3. The predicted octanol–water partition coefficient (Wildman–Crippen LogP) is 3.02. The molecule has 5 nitrogen and oxygen atoms in total. The lowest BCUT2D eigenvalue weighted by Crippen LogP contribution is -2.38. The molecule has 2 rings (SSSR count). The van der Waals surface area contributed by atoms with Gasteiger partial charge in [-0.1, -0.05) is 13.0 Å². The molecule has 0 bridgehead atoms. The van der Waals surface area contributed by atoms with Gasteiger partial charge in [-0.2, -0.15) is 0 Å². The Hall–Kier alpha value is -1.92. The Balaban J connectivity index is 1.97. The van der Waals surface area contributed by atoms with Crippen LogP contribution < -0.4 is 10.2 Å². The highest BCUT2D eigenvalue weighted by molar-refractivity contribution is 7.10. The number of aliphatic hydroxyl groups is 1. The fourth-order valence-electron chi connectivity index (χ4n) is 2.44. The molecule has 2 N–H and O–H groups in total. The summed E-state index contributed by atoms with van der Waals surface area (Å²) in [4.78, 5) is 19.7. The second-order valence-electron chi connectivity index (χ2n) is 5.92. The lowest BCUT2D eigenvalue weighted by molar-refractivity contribution is 0.0556. The molecule has 0 spiro atoms. The molecule has 0 saturated heterocycles. The van der Waals surface area contributed by atoms with E-state index in [4.69, 9.17) is 0 Å². The number of hydrogen-bond acceptors (Lipinski definition) is 5. The lowest BCUT2D eigenvalue weighted by Gasteiger charge is -2.23. The fraction of sp³-hybridized carbons (Fsp3) is 0.444. The summed E-state index contributed by atoms with van der Waals surface area (Å²) in [5, 5.41) is 15.1. The van der Waals surface area contributed by atoms with Crippen molar-refractivity contribution in [3.63, 3.8) is 0 Å². The van der Waals surface area contributed by atoms with E-state index in [1.54, 1.807) is 19.2 Å². The number of rotatable bonds is 8. The minimum absolute atomic E-state index is 0.158. The minimum Gasteiger partial charge on any atom is -0.383 e. The molecule has 0 aliphatic carbocycles. The van der Waals surface area contributed by atoms with E-state index in [0.29, 0.717) is 5.56 Å². The van der Waals surface area contributed by atoms with E-state index in [1.165, 1.54) is 11.3 Å². The van der Waals surface area contributed by atoms with Gasteiger partial charge in [-0.05, 0) is 43.8 Å². The van der Waals surface area contributed by atoms with Crippen LogP contribution >= 0.6 is 11.3 Å². The summed E-state index contributed by atoms with van der Waals surface area (Å²) < 4.78 is 0. The van der Waals surface area contributed by atoms with Crippen LogP contribution in [0, 0.1) is 0 Å². The van der Waals surface area contributed by atoms with Crippen LogP contribution in [-0.2, 0) is 5.60 Å². The normalized spacial score (nSPS) is 13.3. The van der Waals surface area contributed by atoms with E-state index < -0.39 is 5.60 Å². The van der Waals surface area contributed by atoms with E-state index in [9.17, 15) is 9.90 Å². The molecule has 0 radical (unpaired) electrons. The zero-order chi connectivity index (χ0) is 17.6. The molecule has 0 saturated carbocycles. The SMILES string of the molecule is CCCN(CC)c1ccc(C(=O)NCC(C)(O)c2cccs2)cn1. The first-order chi connectivity index (χ1) is 11.5. The Morgan fingerprint density at radius 2 is 2.17 bits per heavy atom. The summed E-state index contributed by atoms with van der Waals surface area (Å²) in [6, 6.07) is 7.39. The molecule has 1 atom stereocenters. The Morgan fingerprint density at radius 1 is 1.38 bits per heavy atom. The number of carbonyl (C=O) groups is 1. The maximum atomic E-state index is 12.3. The highest BCUT2D eigenvalue weighted by Crippen LogP contribution is 2.24. The smallest absolute Gasteiger partial charge is 0.252 e. The van der Waals surface area contributed by atoms with Crippen molar-refractivity contribution in [1.29, 1.82) is 0 Å². The van der Waals surface area contributed by atoms with Gasteiger partial charge in [-0.3, -0.25) is 4.79 Å². The zero-order valence-corrected chi connectivity index (χ0v) is 15.3. The first kappa shape index (κ1) is 18.4. The Labute approximate surface area is 147 Å². The average molecular weight is 347 g/mol. The number of nitrogens with one attached hydrogen (secondary N) is 1. The van der Waals surface area contributed by atoms with Crippen LogP contribution in [0.5, 0.6) is 0 Å². The Kier molecular flexibility index (Phi) is 6.34. The summed E-state index contributed by atoms with van der Waals surface area (Å²) in [5.74, 6) is 0.644. The molecule has 2 heterocycles. The van der Waals surface area contributed by atoms with Gasteiger partial charge in [0.15, 0.2) is 0 Å². The van der Waals surface area contributed by atoms with Gasteiger partial charge in [0.2, 0.25) is 0 Å². The van der Waals surface area contributed by atoms with Crippen LogP contribution in [0.4, 0.5) is 5.82 Å². The average Bonchev–Trinajstić information content (AvgIpc) is 3.13. The van der Waals surface area contributed by atoms with Crippen LogP contribution in [0.3, 0.4) is 0 Å². The quantitative estimate of drug-likeness (QED) is 0.770. The van der Waals surface area contributed by atoms with E-state index >= 15 is 0 Å². The number of thiophene rings is 1. The third-order valence-corrected chi connectivity index (χ3v) is 4.98. The molecule has 0 fully saturated rings. The Bertz CT molecular complexity index is 639. The van der Waals surface area contributed by atoms with Crippen molar-refractivity contribution in [1.82, 2.24) is 10.3 Å². The van der Waals surface area contributed by atoms with Crippen molar-refractivity contribution >= 4 is 23.1 Å². The lowest BCUT2D eigenvalue weighted by atomic mass is 10.1. The van der Waals surface area contributed by atoms with Crippen molar-refractivity contribution < 1.29 is 9.90 Å². The van der Waals surface area contributed by atoms with E-state index in [0.717, 1.165) is 30.2 Å². The number of anilines is 1. The second-order valence-corrected chi connectivity index (χ2v) is 6.87. The Morgan fingerprint density at radius 3 is 2.71 bits per heavy atom. The van der Waals surface area contributed by atoms with E-state index in [-0.39, 0.29) is 12.5 Å². The molecule has 1 unspecified atom stereocenters. The molecule has 6 heteroatoms. The van der Waals surface area contributed by atoms with Crippen LogP contribution in [0.2, 0.25) is 0 Å². The number of pyridine rings is 1. The molecule has 0 aromatic carbocycles. The number of carbonyl (C=O) groups excluding carboxylic acids is 1. The number of hydrogen-bond donors (Lipinski definition) is 2. The van der Waals surface area contributed by atoms with Gasteiger partial charge >= 0.3 is 0 Å². The molecular formula is C18H25N3O2S. The van der Waals surface area contributed by atoms with Crippen molar-refractivity contribution in [3.8, 4) is 0 Å². The first-order valence-corrected chi connectivity index (χ1v) is 9.11. The van der Waals surface area contributed by atoms with Gasteiger partial charge in [0.05, 0.1) is 12.1 Å². The highest BCUT2D eigenvalue weighted by Gasteiger charge is 2.25. The zero-order valence-electron chi connectivity index (χ0n) is 14.5. The third kappa shape index (κ3) is 4.55. The molecule has 130 valence electrons. The van der Waals surface area contributed by atoms with Crippen LogP contribution in [0.15, 0.2) is 35.8 Å². The molecule has 0 aliphatic heterocycles. The summed E-state index contributed by atoms with van der Waals surface area (Å²) in [6.07, 6.45) is 2.64. The molecular weight excluding hydrogens is 322 g/mol. The first-order valence-electron chi connectivity index (χ1n) is 8.23. The van der Waals surface area contributed by atoms with Crippen molar-refractivity contribution in [2.24, 2.45) is 0 Å². The van der Waals surface area contributed by atoms with Gasteiger partial charge < -0.3 is 15.3 Å². The minimum atomic E-state index is -1.07. The fourth-order valence-corrected chi connectivity index (χ4v) is 3.23. The van der Waals surface area contributed by atoms with E-state index in [1.807, 2.05) is 23.6 Å². The van der Waals surface area contributed by atoms with Crippen molar-refractivity contribution in [2.75, 3.05) is 24.5 Å². The number of nitrogens with zero attached hydrogens (tertiary/aromatic N) is 2.